The number of hydrogen-bond acceptors (Lipinski definition) is 2. The molecule has 2 nitrogen and oxygen atoms in total. The number of hydrogen-bond donors (Lipinski definition) is 1. The number of aliphatic hydroxyl groups excluding tert-OH is 1. The van der Waals surface area contributed by atoms with E-state index in [4.69, 9.17) is 4.74 Å². The van der Waals surface area contributed by atoms with E-state index in [1.807, 2.05) is 6.08 Å². The van der Waals surface area contributed by atoms with Crippen LogP contribution in [0.25, 0.3) is 0 Å². The third-order valence-corrected chi connectivity index (χ3v) is 2.86. The average molecular weight is 184 g/mol. The Morgan fingerprint density at radius 2 is 2.08 bits per heavy atom. The molecule has 1 aliphatic heterocycles. The van der Waals surface area contributed by atoms with Crippen molar-refractivity contribution >= 4 is 0 Å². The molecule has 0 aliphatic carbocycles. The third-order valence-electron chi connectivity index (χ3n) is 2.86. The summed E-state index contributed by atoms with van der Waals surface area (Å²) >= 11 is 0. The second-order valence-electron chi connectivity index (χ2n) is 4.84. The van der Waals surface area contributed by atoms with Crippen LogP contribution in [0.5, 0.6) is 0 Å². The van der Waals surface area contributed by atoms with Gasteiger partial charge in [-0.3, -0.25) is 0 Å². The summed E-state index contributed by atoms with van der Waals surface area (Å²) in [7, 11) is 0. The van der Waals surface area contributed by atoms with E-state index in [1.54, 1.807) is 0 Å². The molecule has 0 saturated heterocycles. The SMILES string of the molecule is CC(C(O)C1=CCCO1)C(C)(C)C. The number of rotatable bonds is 2. The van der Waals surface area contributed by atoms with Gasteiger partial charge in [-0.15, -0.1) is 0 Å². The van der Waals surface area contributed by atoms with Gasteiger partial charge in [0.2, 0.25) is 0 Å². The van der Waals surface area contributed by atoms with Gasteiger partial charge in [-0.25, -0.2) is 0 Å². The summed E-state index contributed by atoms with van der Waals surface area (Å²) in [6, 6.07) is 0. The molecule has 1 heterocycles. The normalized spacial score (nSPS) is 22.1. The first-order chi connectivity index (χ1) is 5.93. The summed E-state index contributed by atoms with van der Waals surface area (Å²) in [6.07, 6.45) is 2.48. The van der Waals surface area contributed by atoms with Gasteiger partial charge in [-0.2, -0.15) is 0 Å². The van der Waals surface area contributed by atoms with Gasteiger partial charge in [0, 0.05) is 6.42 Å². The minimum Gasteiger partial charge on any atom is -0.495 e. The highest BCUT2D eigenvalue weighted by Crippen LogP contribution is 2.32. The second kappa shape index (κ2) is 3.70. The molecule has 76 valence electrons. The first kappa shape index (κ1) is 10.6. The maximum absolute atomic E-state index is 9.96. The van der Waals surface area contributed by atoms with Crippen LogP contribution in [0.2, 0.25) is 0 Å². The Labute approximate surface area is 80.6 Å². The molecule has 0 spiro atoms. The minimum absolute atomic E-state index is 0.117. The van der Waals surface area contributed by atoms with E-state index in [-0.39, 0.29) is 11.3 Å². The fourth-order valence-corrected chi connectivity index (χ4v) is 1.36. The molecule has 2 heteroatoms. The van der Waals surface area contributed by atoms with Crippen molar-refractivity contribution in [1.29, 1.82) is 0 Å². The fourth-order valence-electron chi connectivity index (χ4n) is 1.36. The fraction of sp³-hybridized carbons (Fsp3) is 0.818. The van der Waals surface area contributed by atoms with E-state index in [1.165, 1.54) is 0 Å². The molecule has 0 bridgehead atoms. The van der Waals surface area contributed by atoms with Crippen molar-refractivity contribution in [1.82, 2.24) is 0 Å². The van der Waals surface area contributed by atoms with Gasteiger partial charge < -0.3 is 9.84 Å². The van der Waals surface area contributed by atoms with Crippen LogP contribution in [0.1, 0.15) is 34.1 Å². The van der Waals surface area contributed by atoms with Crippen LogP contribution in [0.3, 0.4) is 0 Å². The van der Waals surface area contributed by atoms with Crippen LogP contribution in [0.4, 0.5) is 0 Å². The highest BCUT2D eigenvalue weighted by molar-refractivity contribution is 5.06. The maximum Gasteiger partial charge on any atom is 0.121 e. The highest BCUT2D eigenvalue weighted by atomic mass is 16.5. The number of ether oxygens (including phenoxy) is 1. The van der Waals surface area contributed by atoms with Crippen LogP contribution in [-0.4, -0.2) is 17.8 Å². The first-order valence-electron chi connectivity index (χ1n) is 4.94. The smallest absolute Gasteiger partial charge is 0.121 e. The van der Waals surface area contributed by atoms with Gasteiger partial charge in [0.15, 0.2) is 0 Å². The van der Waals surface area contributed by atoms with E-state index < -0.39 is 6.10 Å². The molecule has 0 aromatic rings. The lowest BCUT2D eigenvalue weighted by molar-refractivity contribution is 0.0361. The Morgan fingerprint density at radius 1 is 1.46 bits per heavy atom. The van der Waals surface area contributed by atoms with Gasteiger partial charge in [0.25, 0.3) is 0 Å². The molecular formula is C11H20O2. The van der Waals surface area contributed by atoms with Crippen molar-refractivity contribution in [2.24, 2.45) is 11.3 Å². The van der Waals surface area contributed by atoms with Gasteiger partial charge in [0.1, 0.15) is 11.9 Å². The van der Waals surface area contributed by atoms with E-state index in [9.17, 15) is 5.11 Å². The lowest BCUT2D eigenvalue weighted by Gasteiger charge is -2.31. The van der Waals surface area contributed by atoms with Crippen molar-refractivity contribution in [2.75, 3.05) is 6.61 Å². The molecule has 2 atom stereocenters. The standard InChI is InChI=1S/C11H20O2/c1-8(11(2,3)4)10(12)9-6-5-7-13-9/h6,8,10,12H,5,7H2,1-4H3. The zero-order valence-corrected chi connectivity index (χ0v) is 9.00. The Balaban J connectivity index is 2.61. The molecule has 0 fully saturated rings. The second-order valence-corrected chi connectivity index (χ2v) is 4.84. The summed E-state index contributed by atoms with van der Waals surface area (Å²) in [5.74, 6) is 0.985. The quantitative estimate of drug-likeness (QED) is 0.713. The summed E-state index contributed by atoms with van der Waals surface area (Å²) in [6.45, 7) is 9.19. The predicted octanol–water partition coefficient (Wildman–Crippen LogP) is 2.33. The molecule has 0 saturated carbocycles. The largest absolute Gasteiger partial charge is 0.495 e. The van der Waals surface area contributed by atoms with Crippen molar-refractivity contribution in [3.05, 3.63) is 11.8 Å². The number of aliphatic hydroxyl groups is 1. The molecule has 1 N–H and O–H groups in total. The van der Waals surface area contributed by atoms with Gasteiger partial charge in [0.05, 0.1) is 6.61 Å². The van der Waals surface area contributed by atoms with Gasteiger partial charge >= 0.3 is 0 Å². The van der Waals surface area contributed by atoms with Crippen molar-refractivity contribution < 1.29 is 9.84 Å². The lowest BCUT2D eigenvalue weighted by Crippen LogP contribution is -2.31. The summed E-state index contributed by atoms with van der Waals surface area (Å²) in [5, 5.41) is 9.96. The van der Waals surface area contributed by atoms with E-state index in [0.29, 0.717) is 0 Å². The molecular weight excluding hydrogens is 164 g/mol. The zero-order valence-electron chi connectivity index (χ0n) is 9.00. The van der Waals surface area contributed by atoms with Crippen molar-refractivity contribution in [3.63, 3.8) is 0 Å². The van der Waals surface area contributed by atoms with Crippen molar-refractivity contribution in [3.8, 4) is 0 Å². The topological polar surface area (TPSA) is 29.5 Å². The van der Waals surface area contributed by atoms with Gasteiger partial charge in [-0.05, 0) is 17.4 Å². The highest BCUT2D eigenvalue weighted by Gasteiger charge is 2.30. The molecule has 13 heavy (non-hydrogen) atoms. The third kappa shape index (κ3) is 2.47. The van der Waals surface area contributed by atoms with Crippen LogP contribution in [0, 0.1) is 11.3 Å². The predicted molar refractivity (Wildman–Crippen MR) is 53.3 cm³/mol. The molecule has 1 rings (SSSR count). The van der Waals surface area contributed by atoms with Crippen LogP contribution >= 0.6 is 0 Å². The molecule has 1 aliphatic rings. The van der Waals surface area contributed by atoms with E-state index >= 15 is 0 Å². The summed E-state index contributed by atoms with van der Waals surface area (Å²) in [4.78, 5) is 0. The molecule has 0 aromatic carbocycles. The van der Waals surface area contributed by atoms with Crippen molar-refractivity contribution in [2.45, 2.75) is 40.2 Å². The Bertz CT molecular complexity index is 201. The minimum atomic E-state index is -0.442. The van der Waals surface area contributed by atoms with Crippen LogP contribution in [-0.2, 0) is 4.74 Å². The molecule has 2 unspecified atom stereocenters. The van der Waals surface area contributed by atoms with Crippen LogP contribution in [0.15, 0.2) is 11.8 Å². The Morgan fingerprint density at radius 3 is 2.46 bits per heavy atom. The molecule has 0 aromatic heterocycles. The monoisotopic (exact) mass is 184 g/mol. The Kier molecular flexibility index (Phi) is 3.01. The van der Waals surface area contributed by atoms with Crippen LogP contribution < -0.4 is 0 Å². The molecule has 0 radical (unpaired) electrons. The molecule has 0 amide bonds. The van der Waals surface area contributed by atoms with Gasteiger partial charge in [-0.1, -0.05) is 27.7 Å². The summed E-state index contributed by atoms with van der Waals surface area (Å²) < 4.78 is 5.34. The lowest BCUT2D eigenvalue weighted by atomic mass is 9.78. The zero-order chi connectivity index (χ0) is 10.1. The van der Waals surface area contributed by atoms with E-state index in [2.05, 4.69) is 27.7 Å². The summed E-state index contributed by atoms with van der Waals surface area (Å²) in [5.41, 5.74) is 0.117. The van der Waals surface area contributed by atoms with E-state index in [0.717, 1.165) is 18.8 Å². The average Bonchev–Trinajstić information content (AvgIpc) is 2.51. The first-order valence-corrected chi connectivity index (χ1v) is 4.94. The maximum atomic E-state index is 9.96. The Hall–Kier alpha value is -0.500.